The Morgan fingerprint density at radius 1 is 1.41 bits per heavy atom. The van der Waals surface area contributed by atoms with Crippen molar-refractivity contribution in [1.29, 1.82) is 0 Å². The van der Waals surface area contributed by atoms with Gasteiger partial charge in [0.15, 0.2) is 0 Å². The van der Waals surface area contributed by atoms with E-state index in [1.165, 1.54) is 24.2 Å². The minimum absolute atomic E-state index is 0.343. The average Bonchev–Trinajstić information content (AvgIpc) is 2.85. The molecule has 2 atom stereocenters. The van der Waals surface area contributed by atoms with E-state index < -0.39 is 0 Å². The van der Waals surface area contributed by atoms with Crippen molar-refractivity contribution in [3.05, 3.63) is 29.8 Å². The summed E-state index contributed by atoms with van der Waals surface area (Å²) in [7, 11) is 0. The molecule has 94 valence electrons. The quantitative estimate of drug-likeness (QED) is 0.842. The number of hydrogen-bond acceptors (Lipinski definition) is 3. The van der Waals surface area contributed by atoms with Gasteiger partial charge in [-0.3, -0.25) is 0 Å². The predicted molar refractivity (Wildman–Crippen MR) is 74.6 cm³/mol. The van der Waals surface area contributed by atoms with Crippen molar-refractivity contribution in [2.24, 2.45) is 0 Å². The molecule has 0 saturated carbocycles. The molecule has 0 radical (unpaired) electrons. The van der Waals surface area contributed by atoms with Crippen molar-refractivity contribution < 1.29 is 5.11 Å². The molecule has 1 aliphatic rings. The van der Waals surface area contributed by atoms with Crippen LogP contribution in [-0.4, -0.2) is 22.7 Å². The van der Waals surface area contributed by atoms with E-state index in [4.69, 9.17) is 0 Å². The fourth-order valence-corrected chi connectivity index (χ4v) is 3.50. The number of phenolic OH excluding ortho intramolecular Hbond substituents is 1. The van der Waals surface area contributed by atoms with Crippen LogP contribution in [0.3, 0.4) is 0 Å². The molecule has 0 aromatic heterocycles. The van der Waals surface area contributed by atoms with Crippen LogP contribution in [0, 0.1) is 0 Å². The number of rotatable bonds is 5. The molecule has 2 N–H and O–H groups in total. The molecule has 2 rings (SSSR count). The molecule has 1 aromatic rings. The first-order valence-corrected chi connectivity index (χ1v) is 7.48. The molecule has 0 amide bonds. The normalized spacial score (nSPS) is 21.6. The average molecular weight is 251 g/mol. The monoisotopic (exact) mass is 251 g/mol. The van der Waals surface area contributed by atoms with Crippen LogP contribution in [0.5, 0.6) is 5.75 Å². The second-order valence-corrected chi connectivity index (χ2v) is 6.00. The molecule has 1 saturated heterocycles. The van der Waals surface area contributed by atoms with Crippen molar-refractivity contribution in [2.45, 2.75) is 37.5 Å². The van der Waals surface area contributed by atoms with Gasteiger partial charge in [0.05, 0.1) is 0 Å². The second kappa shape index (κ2) is 6.31. The van der Waals surface area contributed by atoms with Crippen LogP contribution in [0.15, 0.2) is 24.3 Å². The van der Waals surface area contributed by atoms with Crippen LogP contribution >= 0.6 is 11.8 Å². The number of hydrogen-bond donors (Lipinski definition) is 2. The maximum absolute atomic E-state index is 9.29. The number of nitrogens with one attached hydrogen (secondary N) is 1. The van der Waals surface area contributed by atoms with Crippen LogP contribution in [0.2, 0.25) is 0 Å². The lowest BCUT2D eigenvalue weighted by atomic mass is 10.0. The summed E-state index contributed by atoms with van der Waals surface area (Å²) in [6.45, 7) is 3.30. The number of phenols is 1. The summed E-state index contributed by atoms with van der Waals surface area (Å²) in [5.74, 6) is 1.66. The molecule has 0 spiro atoms. The fourth-order valence-electron chi connectivity index (χ4n) is 2.28. The molecule has 1 heterocycles. The fraction of sp³-hybridized carbons (Fsp3) is 0.571. The molecule has 3 heteroatoms. The first kappa shape index (κ1) is 12.8. The maximum atomic E-state index is 9.29. The highest BCUT2D eigenvalue weighted by molar-refractivity contribution is 8.00. The smallest absolute Gasteiger partial charge is 0.115 e. The van der Waals surface area contributed by atoms with Gasteiger partial charge in [0.25, 0.3) is 0 Å². The van der Waals surface area contributed by atoms with E-state index in [1.807, 2.05) is 12.1 Å². The highest BCUT2D eigenvalue weighted by atomic mass is 32.2. The number of benzene rings is 1. The van der Waals surface area contributed by atoms with E-state index in [1.54, 1.807) is 12.1 Å². The van der Waals surface area contributed by atoms with Crippen molar-refractivity contribution >= 4 is 11.8 Å². The van der Waals surface area contributed by atoms with Gasteiger partial charge in [-0.1, -0.05) is 19.1 Å². The minimum Gasteiger partial charge on any atom is -0.508 e. The van der Waals surface area contributed by atoms with Crippen molar-refractivity contribution in [2.75, 3.05) is 12.3 Å². The Labute approximate surface area is 108 Å². The SMILES string of the molecule is CCC(NCC1CCCS1)c1ccc(O)cc1. The van der Waals surface area contributed by atoms with Crippen LogP contribution in [0.4, 0.5) is 0 Å². The Bertz CT molecular complexity index is 333. The third-order valence-corrected chi connectivity index (χ3v) is 4.72. The van der Waals surface area contributed by atoms with Crippen LogP contribution in [-0.2, 0) is 0 Å². The van der Waals surface area contributed by atoms with Crippen LogP contribution in [0.1, 0.15) is 37.8 Å². The molecule has 1 fully saturated rings. The van der Waals surface area contributed by atoms with Crippen LogP contribution in [0.25, 0.3) is 0 Å². The van der Waals surface area contributed by atoms with Gasteiger partial charge < -0.3 is 10.4 Å². The zero-order valence-corrected chi connectivity index (χ0v) is 11.2. The molecule has 0 aliphatic carbocycles. The Morgan fingerprint density at radius 2 is 2.18 bits per heavy atom. The topological polar surface area (TPSA) is 32.3 Å². The summed E-state index contributed by atoms with van der Waals surface area (Å²) in [5.41, 5.74) is 1.27. The first-order valence-electron chi connectivity index (χ1n) is 6.43. The Kier molecular flexibility index (Phi) is 4.75. The Hall–Kier alpha value is -0.670. The maximum Gasteiger partial charge on any atom is 0.115 e. The lowest BCUT2D eigenvalue weighted by molar-refractivity contribution is 0.473. The van der Waals surface area contributed by atoms with Gasteiger partial charge in [-0.05, 0) is 42.7 Å². The van der Waals surface area contributed by atoms with E-state index in [0.717, 1.165) is 18.2 Å². The van der Waals surface area contributed by atoms with Gasteiger partial charge in [0.2, 0.25) is 0 Å². The largest absolute Gasteiger partial charge is 0.508 e. The van der Waals surface area contributed by atoms with E-state index in [0.29, 0.717) is 11.8 Å². The zero-order valence-electron chi connectivity index (χ0n) is 10.4. The molecule has 1 aromatic carbocycles. The highest BCUT2D eigenvalue weighted by Crippen LogP contribution is 2.26. The molecule has 0 bridgehead atoms. The molecule has 2 nitrogen and oxygen atoms in total. The first-order chi connectivity index (χ1) is 8.29. The minimum atomic E-state index is 0.343. The summed E-state index contributed by atoms with van der Waals surface area (Å²) in [5, 5.41) is 13.7. The third kappa shape index (κ3) is 3.65. The Balaban J connectivity index is 1.89. The summed E-state index contributed by atoms with van der Waals surface area (Å²) in [6.07, 6.45) is 3.80. The summed E-state index contributed by atoms with van der Waals surface area (Å²) >= 11 is 2.09. The lowest BCUT2D eigenvalue weighted by Gasteiger charge is -2.19. The van der Waals surface area contributed by atoms with Gasteiger partial charge in [-0.2, -0.15) is 11.8 Å². The molecule has 17 heavy (non-hydrogen) atoms. The Morgan fingerprint density at radius 3 is 2.76 bits per heavy atom. The summed E-state index contributed by atoms with van der Waals surface area (Å²) in [6, 6.07) is 7.97. The van der Waals surface area contributed by atoms with Gasteiger partial charge in [-0.15, -0.1) is 0 Å². The van der Waals surface area contributed by atoms with Crippen molar-refractivity contribution in [3.8, 4) is 5.75 Å². The number of thioether (sulfide) groups is 1. The van der Waals surface area contributed by atoms with Crippen LogP contribution < -0.4 is 5.32 Å². The van der Waals surface area contributed by atoms with Gasteiger partial charge in [0.1, 0.15) is 5.75 Å². The zero-order chi connectivity index (χ0) is 12.1. The standard InChI is InChI=1S/C14H21NOS/c1-2-14(11-5-7-12(16)8-6-11)15-10-13-4-3-9-17-13/h5-8,13-16H,2-4,9-10H2,1H3. The molecular weight excluding hydrogens is 230 g/mol. The van der Waals surface area contributed by atoms with Crippen molar-refractivity contribution in [3.63, 3.8) is 0 Å². The lowest BCUT2D eigenvalue weighted by Crippen LogP contribution is -2.27. The number of aromatic hydroxyl groups is 1. The second-order valence-electron chi connectivity index (χ2n) is 4.60. The summed E-state index contributed by atoms with van der Waals surface area (Å²) in [4.78, 5) is 0. The molecular formula is C14H21NOS. The third-order valence-electron chi connectivity index (χ3n) is 3.32. The molecule has 1 aliphatic heterocycles. The molecule has 2 unspecified atom stereocenters. The van der Waals surface area contributed by atoms with E-state index in [-0.39, 0.29) is 0 Å². The van der Waals surface area contributed by atoms with E-state index in [9.17, 15) is 5.11 Å². The van der Waals surface area contributed by atoms with Gasteiger partial charge in [-0.25, -0.2) is 0 Å². The van der Waals surface area contributed by atoms with Gasteiger partial charge >= 0.3 is 0 Å². The van der Waals surface area contributed by atoms with E-state index in [2.05, 4.69) is 24.0 Å². The van der Waals surface area contributed by atoms with Crippen molar-refractivity contribution in [1.82, 2.24) is 5.32 Å². The summed E-state index contributed by atoms with van der Waals surface area (Å²) < 4.78 is 0. The van der Waals surface area contributed by atoms with Gasteiger partial charge in [0, 0.05) is 17.8 Å². The highest BCUT2D eigenvalue weighted by Gasteiger charge is 2.17. The van der Waals surface area contributed by atoms with E-state index >= 15 is 0 Å². The predicted octanol–water partition coefficient (Wildman–Crippen LogP) is 3.33.